The van der Waals surface area contributed by atoms with Gasteiger partial charge in [-0.15, -0.1) is 6.58 Å². The molecular weight excluding hydrogens is 194 g/mol. The van der Waals surface area contributed by atoms with Crippen molar-refractivity contribution in [3.05, 3.63) is 12.7 Å². The zero-order chi connectivity index (χ0) is 11.1. The predicted molar refractivity (Wildman–Crippen MR) is 57.5 cm³/mol. The highest BCUT2D eigenvalue weighted by molar-refractivity contribution is 5.77. The number of rotatable bonds is 5. The molecule has 0 radical (unpaired) electrons. The zero-order valence-electron chi connectivity index (χ0n) is 9.02. The molecule has 1 aliphatic rings. The van der Waals surface area contributed by atoms with E-state index in [9.17, 15) is 4.79 Å². The van der Waals surface area contributed by atoms with Gasteiger partial charge >= 0.3 is 0 Å². The van der Waals surface area contributed by atoms with E-state index in [2.05, 4.69) is 6.58 Å². The van der Waals surface area contributed by atoms with Crippen molar-refractivity contribution >= 4 is 5.91 Å². The summed E-state index contributed by atoms with van der Waals surface area (Å²) in [5.74, 6) is 0.144. The van der Waals surface area contributed by atoms with E-state index in [0.29, 0.717) is 13.0 Å². The van der Waals surface area contributed by atoms with Crippen molar-refractivity contribution in [1.29, 1.82) is 0 Å². The van der Waals surface area contributed by atoms with E-state index in [0.717, 1.165) is 25.9 Å². The molecule has 0 atom stereocenters. The SMILES string of the molecule is C=CCC(=O)N1CCC(OCCO)CC1. The summed E-state index contributed by atoms with van der Waals surface area (Å²) in [7, 11) is 0. The molecule has 1 heterocycles. The van der Waals surface area contributed by atoms with Gasteiger partial charge in [0.25, 0.3) is 0 Å². The van der Waals surface area contributed by atoms with Crippen LogP contribution in [0.25, 0.3) is 0 Å². The van der Waals surface area contributed by atoms with Crippen LogP contribution in [0, 0.1) is 0 Å². The molecule has 1 saturated heterocycles. The van der Waals surface area contributed by atoms with Crippen molar-refractivity contribution in [1.82, 2.24) is 4.90 Å². The second-order valence-electron chi connectivity index (χ2n) is 3.67. The van der Waals surface area contributed by atoms with Crippen molar-refractivity contribution < 1.29 is 14.6 Å². The van der Waals surface area contributed by atoms with E-state index in [4.69, 9.17) is 9.84 Å². The van der Waals surface area contributed by atoms with Gasteiger partial charge in [-0.25, -0.2) is 0 Å². The largest absolute Gasteiger partial charge is 0.394 e. The van der Waals surface area contributed by atoms with Crippen molar-refractivity contribution in [3.63, 3.8) is 0 Å². The van der Waals surface area contributed by atoms with Gasteiger partial charge in [-0.3, -0.25) is 4.79 Å². The fourth-order valence-corrected chi connectivity index (χ4v) is 1.74. The van der Waals surface area contributed by atoms with E-state index in [-0.39, 0.29) is 18.6 Å². The van der Waals surface area contributed by atoms with E-state index in [1.165, 1.54) is 0 Å². The lowest BCUT2D eigenvalue weighted by molar-refractivity contribution is -0.133. The molecule has 15 heavy (non-hydrogen) atoms. The monoisotopic (exact) mass is 213 g/mol. The molecule has 1 rings (SSSR count). The number of likely N-dealkylation sites (tertiary alicyclic amines) is 1. The highest BCUT2D eigenvalue weighted by Gasteiger charge is 2.21. The first-order valence-corrected chi connectivity index (χ1v) is 5.39. The number of aliphatic hydroxyl groups excluding tert-OH is 1. The molecule has 0 bridgehead atoms. The number of amides is 1. The molecule has 1 fully saturated rings. The maximum Gasteiger partial charge on any atom is 0.226 e. The predicted octanol–water partition coefficient (Wildman–Crippen LogP) is 0.562. The number of ether oxygens (including phenoxy) is 1. The molecular formula is C11H19NO3. The van der Waals surface area contributed by atoms with Crippen molar-refractivity contribution in [2.24, 2.45) is 0 Å². The molecule has 4 heteroatoms. The second-order valence-corrected chi connectivity index (χ2v) is 3.67. The Balaban J connectivity index is 2.23. The Bertz CT molecular complexity index is 210. The summed E-state index contributed by atoms with van der Waals surface area (Å²) in [6.45, 7) is 5.52. The highest BCUT2D eigenvalue weighted by atomic mass is 16.5. The first-order chi connectivity index (χ1) is 7.27. The molecule has 0 spiro atoms. The molecule has 0 aliphatic carbocycles. The minimum Gasteiger partial charge on any atom is -0.394 e. The molecule has 0 aromatic rings. The summed E-state index contributed by atoms with van der Waals surface area (Å²) in [5, 5.41) is 8.61. The molecule has 0 aromatic carbocycles. The van der Waals surface area contributed by atoms with Crippen LogP contribution < -0.4 is 0 Å². The number of hydrogen-bond acceptors (Lipinski definition) is 3. The minimum atomic E-state index is 0.0651. The lowest BCUT2D eigenvalue weighted by Gasteiger charge is -2.31. The lowest BCUT2D eigenvalue weighted by Crippen LogP contribution is -2.40. The van der Waals surface area contributed by atoms with Gasteiger partial charge in [0.15, 0.2) is 0 Å². The van der Waals surface area contributed by atoms with Crippen molar-refractivity contribution in [2.75, 3.05) is 26.3 Å². The van der Waals surface area contributed by atoms with Gasteiger partial charge < -0.3 is 14.7 Å². The Hall–Kier alpha value is -0.870. The second kappa shape index (κ2) is 6.58. The Labute approximate surface area is 90.5 Å². The van der Waals surface area contributed by atoms with Crippen LogP contribution in [0.2, 0.25) is 0 Å². The van der Waals surface area contributed by atoms with Gasteiger partial charge in [-0.1, -0.05) is 6.08 Å². The van der Waals surface area contributed by atoms with Gasteiger partial charge in [0, 0.05) is 19.5 Å². The Morgan fingerprint density at radius 2 is 2.20 bits per heavy atom. The number of piperidine rings is 1. The van der Waals surface area contributed by atoms with Crippen LogP contribution in [0.3, 0.4) is 0 Å². The number of nitrogens with zero attached hydrogens (tertiary/aromatic N) is 1. The van der Waals surface area contributed by atoms with Crippen LogP contribution in [0.5, 0.6) is 0 Å². The molecule has 1 amide bonds. The number of carbonyl (C=O) groups is 1. The van der Waals surface area contributed by atoms with E-state index in [1.54, 1.807) is 6.08 Å². The van der Waals surface area contributed by atoms with Crippen LogP contribution in [0.15, 0.2) is 12.7 Å². The molecule has 4 nitrogen and oxygen atoms in total. The summed E-state index contributed by atoms with van der Waals surface area (Å²) in [6.07, 6.45) is 3.98. The Morgan fingerprint density at radius 3 is 2.73 bits per heavy atom. The normalized spacial score (nSPS) is 17.8. The minimum absolute atomic E-state index is 0.0651. The zero-order valence-corrected chi connectivity index (χ0v) is 9.02. The van der Waals surface area contributed by atoms with E-state index >= 15 is 0 Å². The summed E-state index contributed by atoms with van der Waals surface area (Å²) in [4.78, 5) is 13.3. The topological polar surface area (TPSA) is 49.8 Å². The first kappa shape index (κ1) is 12.2. The summed E-state index contributed by atoms with van der Waals surface area (Å²) in [5.41, 5.74) is 0. The fraction of sp³-hybridized carbons (Fsp3) is 0.727. The third-order valence-electron chi connectivity index (χ3n) is 2.56. The molecule has 0 unspecified atom stereocenters. The van der Waals surface area contributed by atoms with Crippen LogP contribution in [0.4, 0.5) is 0 Å². The molecule has 1 aliphatic heterocycles. The van der Waals surface area contributed by atoms with Crippen LogP contribution in [-0.2, 0) is 9.53 Å². The third-order valence-corrected chi connectivity index (χ3v) is 2.56. The number of carbonyl (C=O) groups excluding carboxylic acids is 1. The summed E-state index contributed by atoms with van der Waals surface area (Å²) in [6, 6.07) is 0. The lowest BCUT2D eigenvalue weighted by atomic mass is 10.1. The Kier molecular flexibility index (Phi) is 5.36. The summed E-state index contributed by atoms with van der Waals surface area (Å²) >= 11 is 0. The molecule has 1 N–H and O–H groups in total. The van der Waals surface area contributed by atoms with E-state index in [1.807, 2.05) is 4.90 Å². The van der Waals surface area contributed by atoms with Crippen molar-refractivity contribution in [2.45, 2.75) is 25.4 Å². The first-order valence-electron chi connectivity index (χ1n) is 5.39. The maximum absolute atomic E-state index is 11.5. The molecule has 0 saturated carbocycles. The Morgan fingerprint density at radius 1 is 1.53 bits per heavy atom. The number of hydrogen-bond donors (Lipinski definition) is 1. The average molecular weight is 213 g/mol. The van der Waals surface area contributed by atoms with E-state index < -0.39 is 0 Å². The van der Waals surface area contributed by atoms with Crippen LogP contribution >= 0.6 is 0 Å². The molecule has 0 aromatic heterocycles. The fourth-order valence-electron chi connectivity index (χ4n) is 1.74. The maximum atomic E-state index is 11.5. The highest BCUT2D eigenvalue weighted by Crippen LogP contribution is 2.14. The summed E-state index contributed by atoms with van der Waals surface area (Å²) < 4.78 is 5.41. The third kappa shape index (κ3) is 4.01. The quantitative estimate of drug-likeness (QED) is 0.679. The van der Waals surface area contributed by atoms with Crippen LogP contribution in [-0.4, -0.2) is 48.3 Å². The average Bonchev–Trinajstić information content (AvgIpc) is 2.27. The van der Waals surface area contributed by atoms with Gasteiger partial charge in [0.05, 0.1) is 19.3 Å². The van der Waals surface area contributed by atoms with Crippen LogP contribution in [0.1, 0.15) is 19.3 Å². The smallest absolute Gasteiger partial charge is 0.226 e. The number of aliphatic hydroxyl groups is 1. The van der Waals surface area contributed by atoms with Gasteiger partial charge in [0.2, 0.25) is 5.91 Å². The van der Waals surface area contributed by atoms with Gasteiger partial charge in [-0.2, -0.15) is 0 Å². The van der Waals surface area contributed by atoms with Gasteiger partial charge in [0.1, 0.15) is 0 Å². The standard InChI is InChI=1S/C11H19NO3/c1-2-3-11(14)12-6-4-10(5-7-12)15-9-8-13/h2,10,13H,1,3-9H2. The molecule has 86 valence electrons. The van der Waals surface area contributed by atoms with Gasteiger partial charge in [-0.05, 0) is 12.8 Å². The van der Waals surface area contributed by atoms with Crippen molar-refractivity contribution in [3.8, 4) is 0 Å².